The molecule has 0 aromatic carbocycles. The summed E-state index contributed by atoms with van der Waals surface area (Å²) in [4.78, 5) is 14.1. The Hall–Kier alpha value is -1.89. The molecule has 0 aliphatic rings. The molecule has 0 spiro atoms. The number of thiophene rings is 1. The molecule has 0 aliphatic carbocycles. The summed E-state index contributed by atoms with van der Waals surface area (Å²) < 4.78 is 6.92. The monoisotopic (exact) mass is 253 g/mol. The summed E-state index contributed by atoms with van der Waals surface area (Å²) in [7, 11) is 1.60. The molecule has 0 unspecified atom stereocenters. The van der Waals surface area contributed by atoms with E-state index in [1.807, 2.05) is 18.4 Å². The number of aryl methyl sites for hydroxylation is 1. The van der Waals surface area contributed by atoms with Crippen LogP contribution >= 0.6 is 11.3 Å². The highest BCUT2D eigenvalue weighted by Gasteiger charge is 2.16. The first-order chi connectivity index (χ1) is 8.08. The summed E-state index contributed by atoms with van der Waals surface area (Å²) in [5.41, 5.74) is 1.14. The minimum Gasteiger partial charge on any atom is -0.474 e. The van der Waals surface area contributed by atoms with Gasteiger partial charge in [0.1, 0.15) is 6.20 Å². The number of imidazole rings is 1. The molecule has 0 saturated carbocycles. The highest BCUT2D eigenvalue weighted by atomic mass is 32.1. The molecule has 2 rings (SSSR count). The van der Waals surface area contributed by atoms with Crippen LogP contribution in [0.1, 0.15) is 11.4 Å². The van der Waals surface area contributed by atoms with Gasteiger partial charge < -0.3 is 14.9 Å². The van der Waals surface area contributed by atoms with E-state index in [9.17, 15) is 10.1 Å². The second-order valence-corrected chi connectivity index (χ2v) is 4.45. The molecule has 0 N–H and O–H groups in total. The van der Waals surface area contributed by atoms with E-state index in [4.69, 9.17) is 4.74 Å². The predicted molar refractivity (Wildman–Crippen MR) is 63.3 cm³/mol. The minimum absolute atomic E-state index is 0.0361. The topological polar surface area (TPSA) is 70.2 Å². The van der Waals surface area contributed by atoms with Crippen molar-refractivity contribution >= 4 is 17.2 Å². The van der Waals surface area contributed by atoms with E-state index >= 15 is 0 Å². The molecule has 0 saturated heterocycles. The highest BCUT2D eigenvalue weighted by molar-refractivity contribution is 7.11. The first-order valence-electron chi connectivity index (χ1n) is 4.91. The number of aromatic nitrogens is 2. The third kappa shape index (κ3) is 2.44. The van der Waals surface area contributed by atoms with E-state index in [-0.39, 0.29) is 12.4 Å². The fourth-order valence-electron chi connectivity index (χ4n) is 1.36. The second-order valence-electron chi connectivity index (χ2n) is 3.58. The van der Waals surface area contributed by atoms with Crippen LogP contribution in [0.3, 0.4) is 0 Å². The van der Waals surface area contributed by atoms with Crippen LogP contribution in [0.2, 0.25) is 0 Å². The molecule has 0 aliphatic heterocycles. The molecule has 0 radical (unpaired) electrons. The summed E-state index contributed by atoms with van der Waals surface area (Å²) >= 11 is 1.49. The Morgan fingerprint density at radius 3 is 2.94 bits per heavy atom. The Morgan fingerprint density at radius 2 is 2.41 bits per heavy atom. The second kappa shape index (κ2) is 4.54. The maximum atomic E-state index is 10.6. The van der Waals surface area contributed by atoms with Crippen molar-refractivity contribution in [2.45, 2.75) is 13.5 Å². The molecule has 2 aromatic rings. The molecule has 0 atom stereocenters. The molecule has 0 bridgehead atoms. The van der Waals surface area contributed by atoms with Crippen LogP contribution in [-0.2, 0) is 13.7 Å². The lowest BCUT2D eigenvalue weighted by Gasteiger charge is -2.00. The Bertz CT molecular complexity index is 547. The van der Waals surface area contributed by atoms with Crippen molar-refractivity contribution in [2.24, 2.45) is 7.05 Å². The van der Waals surface area contributed by atoms with Crippen LogP contribution in [0.4, 0.5) is 5.82 Å². The van der Waals surface area contributed by atoms with Gasteiger partial charge in [-0.25, -0.2) is 9.55 Å². The molecule has 17 heavy (non-hydrogen) atoms. The van der Waals surface area contributed by atoms with Gasteiger partial charge in [-0.05, 0) is 28.9 Å². The summed E-state index contributed by atoms with van der Waals surface area (Å²) in [6.07, 6.45) is 1.23. The minimum atomic E-state index is -0.466. The van der Waals surface area contributed by atoms with Crippen LogP contribution < -0.4 is 4.74 Å². The average molecular weight is 253 g/mol. The van der Waals surface area contributed by atoms with Gasteiger partial charge in [0.25, 0.3) is 0 Å². The van der Waals surface area contributed by atoms with Crippen molar-refractivity contribution in [3.8, 4) is 5.06 Å². The normalized spacial score (nSPS) is 10.5. The van der Waals surface area contributed by atoms with Gasteiger partial charge in [0.2, 0.25) is 5.82 Å². The third-order valence-electron chi connectivity index (χ3n) is 2.30. The van der Waals surface area contributed by atoms with Gasteiger partial charge in [-0.3, -0.25) is 0 Å². The fourth-order valence-corrected chi connectivity index (χ4v) is 2.11. The zero-order valence-electron chi connectivity index (χ0n) is 9.41. The van der Waals surface area contributed by atoms with E-state index in [0.717, 1.165) is 10.6 Å². The number of nitro groups is 1. The zero-order chi connectivity index (χ0) is 12.4. The summed E-state index contributed by atoms with van der Waals surface area (Å²) in [6.45, 7) is 2.21. The van der Waals surface area contributed by atoms with Crippen molar-refractivity contribution < 1.29 is 9.66 Å². The molecule has 7 heteroatoms. The molecule has 0 amide bonds. The summed E-state index contributed by atoms with van der Waals surface area (Å²) in [5, 5.41) is 13.4. The van der Waals surface area contributed by atoms with Gasteiger partial charge in [0.05, 0.1) is 7.05 Å². The molecule has 90 valence electrons. The largest absolute Gasteiger partial charge is 0.474 e. The Kier molecular flexibility index (Phi) is 3.10. The quantitative estimate of drug-likeness (QED) is 0.619. The number of nitrogens with zero attached hydrogens (tertiary/aromatic N) is 3. The van der Waals surface area contributed by atoms with Crippen molar-refractivity contribution in [1.29, 1.82) is 0 Å². The fraction of sp³-hybridized carbons (Fsp3) is 0.300. The lowest BCUT2D eigenvalue weighted by Crippen LogP contribution is -2.05. The van der Waals surface area contributed by atoms with Gasteiger partial charge >= 0.3 is 5.82 Å². The van der Waals surface area contributed by atoms with Gasteiger partial charge in [-0.2, -0.15) is 0 Å². The van der Waals surface area contributed by atoms with Crippen LogP contribution in [-0.4, -0.2) is 14.5 Å². The van der Waals surface area contributed by atoms with Crippen molar-refractivity contribution in [3.63, 3.8) is 0 Å². The lowest BCUT2D eigenvalue weighted by molar-refractivity contribution is -0.391. The smallest absolute Gasteiger partial charge is 0.342 e. The van der Waals surface area contributed by atoms with Crippen molar-refractivity contribution in [1.82, 2.24) is 9.55 Å². The van der Waals surface area contributed by atoms with Crippen molar-refractivity contribution in [2.75, 3.05) is 0 Å². The van der Waals surface area contributed by atoms with Gasteiger partial charge in [-0.15, -0.1) is 11.3 Å². The van der Waals surface area contributed by atoms with E-state index in [1.165, 1.54) is 22.1 Å². The van der Waals surface area contributed by atoms with Gasteiger partial charge in [-0.1, -0.05) is 0 Å². The third-order valence-corrected chi connectivity index (χ3v) is 3.25. The van der Waals surface area contributed by atoms with E-state index in [1.54, 1.807) is 7.05 Å². The molecular weight excluding hydrogens is 242 g/mol. The number of hydrogen-bond acceptors (Lipinski definition) is 5. The maximum Gasteiger partial charge on any atom is 0.342 e. The number of rotatable bonds is 4. The van der Waals surface area contributed by atoms with E-state index in [0.29, 0.717) is 5.82 Å². The highest BCUT2D eigenvalue weighted by Crippen LogP contribution is 2.23. The molecule has 2 aromatic heterocycles. The Labute approximate surface area is 102 Å². The van der Waals surface area contributed by atoms with Crippen LogP contribution in [0.5, 0.6) is 5.06 Å². The van der Waals surface area contributed by atoms with E-state index in [2.05, 4.69) is 4.98 Å². The molecular formula is C10H11N3O3S. The first kappa shape index (κ1) is 11.6. The molecule has 0 fully saturated rings. The predicted octanol–water partition coefficient (Wildman–Crippen LogP) is 2.28. The number of ether oxygens (including phenoxy) is 1. The first-order valence-corrected chi connectivity index (χ1v) is 5.79. The van der Waals surface area contributed by atoms with Gasteiger partial charge in [0, 0.05) is 0 Å². The average Bonchev–Trinajstić information content (AvgIpc) is 2.82. The SMILES string of the molecule is Cc1csc(OCc2ncc([N+](=O)[O-])n2C)c1. The molecule has 6 nitrogen and oxygen atoms in total. The van der Waals surface area contributed by atoms with E-state index < -0.39 is 4.92 Å². The van der Waals surface area contributed by atoms with Gasteiger partial charge in [0.15, 0.2) is 11.7 Å². The summed E-state index contributed by atoms with van der Waals surface area (Å²) in [5.74, 6) is 0.494. The van der Waals surface area contributed by atoms with Crippen molar-refractivity contribution in [3.05, 3.63) is 39.1 Å². The standard InChI is InChI=1S/C10H11N3O3S/c1-7-3-10(17-6-7)16-5-8-11-4-9(12(8)2)13(14)15/h3-4,6H,5H2,1-2H3. The Balaban J connectivity index is 2.07. The zero-order valence-corrected chi connectivity index (χ0v) is 10.2. The van der Waals surface area contributed by atoms with Crippen LogP contribution in [0.15, 0.2) is 17.6 Å². The maximum absolute atomic E-state index is 10.6. The lowest BCUT2D eigenvalue weighted by atomic mass is 10.4. The summed E-state index contributed by atoms with van der Waals surface area (Å²) in [6, 6.07) is 1.92. The molecule has 2 heterocycles. The van der Waals surface area contributed by atoms with Crippen LogP contribution in [0.25, 0.3) is 0 Å². The number of hydrogen-bond donors (Lipinski definition) is 0. The van der Waals surface area contributed by atoms with Crippen LogP contribution in [0, 0.1) is 17.0 Å². The Morgan fingerprint density at radius 1 is 1.65 bits per heavy atom.